The van der Waals surface area contributed by atoms with Gasteiger partial charge in [-0.3, -0.25) is 4.79 Å². The van der Waals surface area contributed by atoms with Crippen molar-refractivity contribution in [2.45, 2.75) is 92.0 Å². The third kappa shape index (κ3) is 11.0. The lowest BCUT2D eigenvalue weighted by Crippen LogP contribution is -2.35. The largest absolute Gasteiger partial charge is 0.374 e. The number of benzene rings is 2. The molecule has 10 heteroatoms. The van der Waals surface area contributed by atoms with Crippen LogP contribution in [0.2, 0.25) is 10.0 Å². The maximum absolute atomic E-state index is 11.8. The molecule has 0 saturated carbocycles. The fourth-order valence-electron chi connectivity index (χ4n) is 4.85. The van der Waals surface area contributed by atoms with Crippen LogP contribution in [0, 0.1) is 13.8 Å². The molecule has 0 aromatic heterocycles. The van der Waals surface area contributed by atoms with Crippen LogP contribution in [0.3, 0.4) is 0 Å². The zero-order valence-corrected chi connectivity index (χ0v) is 23.6. The summed E-state index contributed by atoms with van der Waals surface area (Å²) in [4.78, 5) is 48.3. The monoisotopic (exact) mass is 580 g/mol. The average molecular weight is 582 g/mol. The summed E-state index contributed by atoms with van der Waals surface area (Å²) in [5.41, 5.74) is 4.22. The van der Waals surface area contributed by atoms with Crippen molar-refractivity contribution in [3.05, 3.63) is 57.6 Å². The van der Waals surface area contributed by atoms with Gasteiger partial charge in [-0.2, -0.15) is 19.2 Å². The van der Waals surface area contributed by atoms with E-state index in [0.717, 1.165) is 59.6 Å². The molecule has 4 rings (SSSR count). The Hall–Kier alpha value is -2.99. The van der Waals surface area contributed by atoms with Gasteiger partial charge >= 0.3 is 12.3 Å². The molecule has 39 heavy (non-hydrogen) atoms. The van der Waals surface area contributed by atoms with Crippen LogP contribution in [0.1, 0.15) is 70.9 Å². The summed E-state index contributed by atoms with van der Waals surface area (Å²) < 4.78 is 0. The van der Waals surface area contributed by atoms with Gasteiger partial charge in [0.1, 0.15) is 6.23 Å². The molecule has 0 bridgehead atoms. The van der Waals surface area contributed by atoms with Gasteiger partial charge in [0.25, 0.3) is 0 Å². The summed E-state index contributed by atoms with van der Waals surface area (Å²) in [7, 11) is 0. The maximum Gasteiger partial charge on any atom is 0.373 e. The molecule has 2 aromatic rings. The molecule has 1 unspecified atom stereocenters. The van der Waals surface area contributed by atoms with Crippen molar-refractivity contribution in [2.24, 2.45) is 0 Å². The Morgan fingerprint density at radius 2 is 1.26 bits per heavy atom. The first-order chi connectivity index (χ1) is 18.1. The van der Waals surface area contributed by atoms with Crippen molar-refractivity contribution in [1.29, 1.82) is 0 Å². The minimum Gasteiger partial charge on any atom is -0.374 e. The zero-order chi connectivity index (χ0) is 28.8. The quantitative estimate of drug-likeness (QED) is 0.447. The van der Waals surface area contributed by atoms with E-state index in [9.17, 15) is 9.90 Å². The number of aryl methyl sites for hydroxylation is 2. The van der Waals surface area contributed by atoms with E-state index in [0.29, 0.717) is 23.5 Å². The Kier molecular flexibility index (Phi) is 16.9. The van der Waals surface area contributed by atoms with Crippen molar-refractivity contribution in [1.82, 2.24) is 0 Å². The van der Waals surface area contributed by atoms with Crippen LogP contribution in [-0.2, 0) is 24.0 Å². The zero-order valence-electron chi connectivity index (χ0n) is 22.1. The number of anilines is 2. The topological polar surface area (TPSA) is 112 Å². The molecule has 2 saturated heterocycles. The number of hydrogen-bond donors (Lipinski definition) is 1. The highest BCUT2D eigenvalue weighted by atomic mass is 35.5. The number of carbonyl (C=O) groups excluding carboxylic acids is 5. The van der Waals surface area contributed by atoms with E-state index in [-0.39, 0.29) is 31.9 Å². The van der Waals surface area contributed by atoms with E-state index < -0.39 is 0 Å². The molecule has 2 aliphatic heterocycles. The van der Waals surface area contributed by atoms with Gasteiger partial charge in [0.15, 0.2) is 0 Å². The highest BCUT2D eigenvalue weighted by Crippen LogP contribution is 2.33. The first kappa shape index (κ1) is 36.0. The predicted octanol–water partition coefficient (Wildman–Crippen LogP) is 6.37. The van der Waals surface area contributed by atoms with E-state index in [1.54, 1.807) is 0 Å². The maximum atomic E-state index is 11.8. The summed E-state index contributed by atoms with van der Waals surface area (Å²) in [5, 5.41) is 11.4. The van der Waals surface area contributed by atoms with Crippen LogP contribution in [0.5, 0.6) is 0 Å². The van der Waals surface area contributed by atoms with Crippen LogP contribution < -0.4 is 9.80 Å². The van der Waals surface area contributed by atoms with Gasteiger partial charge in [0, 0.05) is 39.9 Å². The predicted molar refractivity (Wildman–Crippen MR) is 152 cm³/mol. The second-order valence-electron chi connectivity index (χ2n) is 9.03. The number of amides is 1. The molecule has 3 atom stereocenters. The molecule has 2 aliphatic rings. The number of aliphatic hydroxyl groups excluding tert-OH is 1. The minimum atomic E-state index is -0.359. The lowest BCUT2D eigenvalue weighted by atomic mass is 10.1. The Balaban J connectivity index is 0.000000604. The van der Waals surface area contributed by atoms with Crippen molar-refractivity contribution in [3.8, 4) is 0 Å². The van der Waals surface area contributed by atoms with Crippen LogP contribution >= 0.6 is 23.2 Å². The smallest absolute Gasteiger partial charge is 0.373 e. The third-order valence-electron chi connectivity index (χ3n) is 6.37. The number of rotatable bonds is 4. The van der Waals surface area contributed by atoms with E-state index in [2.05, 4.69) is 24.8 Å². The Bertz CT molecular complexity index is 1080. The van der Waals surface area contributed by atoms with Crippen molar-refractivity contribution in [2.75, 3.05) is 9.80 Å². The first-order valence-electron chi connectivity index (χ1n) is 12.4. The Morgan fingerprint density at radius 3 is 1.72 bits per heavy atom. The molecule has 8 nitrogen and oxygen atoms in total. The standard InChI is InChI=1S/C13H18ClNO.C13H16ClNO.2CO2.CH4/c2*1-3-11-4-5-13(16)15(11)12-7-9(2)6-10(14)8-12;2*2-1-3;/h6-8,11,13,16H,3-5H2,1-2H3;6-8,11H,3-5H2,1-2H3;;;1H4/t11-,13?;11-;;;/m00.../s1. The van der Waals surface area contributed by atoms with Gasteiger partial charge in [-0.15, -0.1) is 0 Å². The molecule has 1 N–H and O–H groups in total. The Morgan fingerprint density at radius 1 is 0.795 bits per heavy atom. The number of halogens is 2. The van der Waals surface area contributed by atoms with E-state index >= 15 is 0 Å². The van der Waals surface area contributed by atoms with Crippen LogP contribution in [0.25, 0.3) is 0 Å². The lowest BCUT2D eigenvalue weighted by Gasteiger charge is -2.29. The Labute approximate surface area is 240 Å². The van der Waals surface area contributed by atoms with Gasteiger partial charge in [-0.05, 0) is 93.5 Å². The molecular weight excluding hydrogens is 543 g/mol. The van der Waals surface area contributed by atoms with Gasteiger partial charge in [0.2, 0.25) is 5.91 Å². The van der Waals surface area contributed by atoms with E-state index in [4.69, 9.17) is 42.4 Å². The van der Waals surface area contributed by atoms with Crippen molar-refractivity contribution in [3.63, 3.8) is 0 Å². The molecule has 2 heterocycles. The van der Waals surface area contributed by atoms with Gasteiger partial charge < -0.3 is 14.9 Å². The van der Waals surface area contributed by atoms with Crippen molar-refractivity contribution >= 4 is 52.8 Å². The summed E-state index contributed by atoms with van der Waals surface area (Å²) in [5.74, 6) is 0.216. The molecular formula is C29H38Cl2N2O6. The van der Waals surface area contributed by atoms with Crippen LogP contribution in [0.15, 0.2) is 36.4 Å². The summed E-state index contributed by atoms with van der Waals surface area (Å²) in [6, 6.07) is 12.5. The number of aliphatic hydroxyl groups is 1. The average Bonchev–Trinajstić information content (AvgIpc) is 3.41. The summed E-state index contributed by atoms with van der Waals surface area (Å²) >= 11 is 12.1. The number of carbonyl (C=O) groups is 1. The molecule has 214 valence electrons. The van der Waals surface area contributed by atoms with Gasteiger partial charge in [-0.25, -0.2) is 0 Å². The number of nitrogens with zero attached hydrogens (tertiary/aromatic N) is 2. The molecule has 0 radical (unpaired) electrons. The summed E-state index contributed by atoms with van der Waals surface area (Å²) in [6.07, 6.45) is 5.72. The van der Waals surface area contributed by atoms with E-state index in [1.807, 2.05) is 49.1 Å². The van der Waals surface area contributed by atoms with Crippen LogP contribution in [0.4, 0.5) is 11.4 Å². The van der Waals surface area contributed by atoms with Crippen LogP contribution in [-0.4, -0.2) is 41.6 Å². The molecule has 2 aromatic carbocycles. The second-order valence-corrected chi connectivity index (χ2v) is 9.90. The highest BCUT2D eigenvalue weighted by molar-refractivity contribution is 6.31. The molecule has 2 fully saturated rings. The number of hydrogen-bond acceptors (Lipinski definition) is 7. The fourth-order valence-corrected chi connectivity index (χ4v) is 5.42. The van der Waals surface area contributed by atoms with Crippen molar-refractivity contribution < 1.29 is 29.1 Å². The fraction of sp³-hybridized carbons (Fsp3) is 0.483. The van der Waals surface area contributed by atoms with Gasteiger partial charge in [-0.1, -0.05) is 44.5 Å². The highest BCUT2D eigenvalue weighted by Gasteiger charge is 2.32. The van der Waals surface area contributed by atoms with Gasteiger partial charge in [0.05, 0.1) is 0 Å². The second kappa shape index (κ2) is 18.3. The summed E-state index contributed by atoms with van der Waals surface area (Å²) in [6.45, 7) is 8.30. The third-order valence-corrected chi connectivity index (χ3v) is 6.81. The van der Waals surface area contributed by atoms with E-state index in [1.165, 1.54) is 0 Å². The normalized spacial score (nSPS) is 19.2. The first-order valence-corrected chi connectivity index (χ1v) is 13.1. The molecule has 1 amide bonds. The lowest BCUT2D eigenvalue weighted by molar-refractivity contribution is -0.193. The molecule has 0 aliphatic carbocycles. The minimum absolute atomic E-state index is 0. The molecule has 0 spiro atoms. The SMILES string of the molecule is C.CC[C@H]1CCC(=O)N1c1cc(C)cc(Cl)c1.CC[C@H]1CCC(O)N1c1cc(C)cc(Cl)c1.O=C=O.O=C=O.